The van der Waals surface area contributed by atoms with Crippen LogP contribution in [0.15, 0.2) is 12.1 Å². The highest BCUT2D eigenvalue weighted by Crippen LogP contribution is 2.33. The summed E-state index contributed by atoms with van der Waals surface area (Å²) in [5.41, 5.74) is 2.47. The van der Waals surface area contributed by atoms with Crippen molar-refractivity contribution in [1.82, 2.24) is 0 Å². The van der Waals surface area contributed by atoms with E-state index in [1.54, 1.807) is 0 Å². The lowest BCUT2D eigenvalue weighted by atomic mass is 10.2. The minimum absolute atomic E-state index is 0.189. The number of nitrogens with two attached hydrogens (primary N) is 1. The molecular formula is C11H14ClFN2O. The third kappa shape index (κ3) is 2.39. The van der Waals surface area contributed by atoms with Crippen LogP contribution < -0.4 is 16.0 Å². The van der Waals surface area contributed by atoms with Gasteiger partial charge in [-0.25, -0.2) is 4.39 Å². The minimum Gasteiger partial charge on any atom is -0.489 e. The molecule has 0 atom stereocenters. The van der Waals surface area contributed by atoms with E-state index >= 15 is 0 Å². The molecule has 1 aliphatic carbocycles. The van der Waals surface area contributed by atoms with E-state index in [1.807, 2.05) is 0 Å². The molecule has 0 unspecified atom stereocenters. The fourth-order valence-electron chi connectivity index (χ4n) is 1.92. The van der Waals surface area contributed by atoms with Crippen LogP contribution in [0.3, 0.4) is 0 Å². The van der Waals surface area contributed by atoms with Gasteiger partial charge in [0.25, 0.3) is 0 Å². The number of rotatable bonds is 3. The Bertz CT molecular complexity index is 380. The highest BCUT2D eigenvalue weighted by Gasteiger charge is 2.18. The van der Waals surface area contributed by atoms with Gasteiger partial charge in [0.2, 0.25) is 0 Å². The number of nitrogens with one attached hydrogen (secondary N) is 1. The second kappa shape index (κ2) is 4.89. The molecule has 0 spiro atoms. The molecule has 0 heterocycles. The summed E-state index contributed by atoms with van der Waals surface area (Å²) < 4.78 is 19.0. The molecule has 1 aromatic rings. The molecule has 0 saturated heterocycles. The summed E-state index contributed by atoms with van der Waals surface area (Å²) in [6.07, 6.45) is 4.59. The summed E-state index contributed by atoms with van der Waals surface area (Å²) in [4.78, 5) is 0. The molecule has 0 aromatic heterocycles. The Kier molecular flexibility index (Phi) is 3.51. The summed E-state index contributed by atoms with van der Waals surface area (Å²) in [6, 6.07) is 2.71. The number of hydrazine groups is 1. The first-order valence-electron chi connectivity index (χ1n) is 5.33. The van der Waals surface area contributed by atoms with E-state index in [-0.39, 0.29) is 16.8 Å². The van der Waals surface area contributed by atoms with E-state index in [0.717, 1.165) is 12.8 Å². The zero-order valence-electron chi connectivity index (χ0n) is 8.80. The normalized spacial score (nSPS) is 16.4. The summed E-state index contributed by atoms with van der Waals surface area (Å²) in [5, 5.41) is 0.281. The number of nitrogen functional groups attached to an aromatic ring is 1. The maximum Gasteiger partial charge on any atom is 0.149 e. The molecule has 3 nitrogen and oxygen atoms in total. The van der Waals surface area contributed by atoms with Crippen molar-refractivity contribution in [2.45, 2.75) is 31.8 Å². The van der Waals surface area contributed by atoms with Gasteiger partial charge in [0, 0.05) is 6.07 Å². The van der Waals surface area contributed by atoms with E-state index in [2.05, 4.69) is 5.43 Å². The smallest absolute Gasteiger partial charge is 0.149 e. The lowest BCUT2D eigenvalue weighted by Gasteiger charge is -2.15. The summed E-state index contributed by atoms with van der Waals surface area (Å²) in [5.74, 6) is 5.20. The maximum atomic E-state index is 13.3. The first-order valence-corrected chi connectivity index (χ1v) is 5.71. The van der Waals surface area contributed by atoms with Crippen molar-refractivity contribution < 1.29 is 9.13 Å². The SMILES string of the molecule is NNc1cc(OC2CCCC2)c(Cl)cc1F. The van der Waals surface area contributed by atoms with Crippen LogP contribution in [0.1, 0.15) is 25.7 Å². The van der Waals surface area contributed by atoms with Crippen LogP contribution >= 0.6 is 11.6 Å². The van der Waals surface area contributed by atoms with E-state index in [0.29, 0.717) is 5.75 Å². The molecule has 1 aromatic carbocycles. The fourth-order valence-corrected chi connectivity index (χ4v) is 2.11. The van der Waals surface area contributed by atoms with E-state index in [4.69, 9.17) is 22.2 Å². The number of hydrogen-bond acceptors (Lipinski definition) is 3. The molecular weight excluding hydrogens is 231 g/mol. The summed E-state index contributed by atoms with van der Waals surface area (Å²) >= 11 is 5.90. The van der Waals surface area contributed by atoms with Crippen molar-refractivity contribution in [2.75, 3.05) is 5.43 Å². The molecule has 3 N–H and O–H groups in total. The average molecular weight is 245 g/mol. The molecule has 5 heteroatoms. The van der Waals surface area contributed by atoms with E-state index < -0.39 is 5.82 Å². The van der Waals surface area contributed by atoms with Crippen LogP contribution in [0.25, 0.3) is 0 Å². The van der Waals surface area contributed by atoms with Gasteiger partial charge in [0.1, 0.15) is 11.6 Å². The van der Waals surface area contributed by atoms with Crippen molar-refractivity contribution in [1.29, 1.82) is 0 Å². The van der Waals surface area contributed by atoms with Crippen molar-refractivity contribution in [3.63, 3.8) is 0 Å². The molecule has 0 bridgehead atoms. The zero-order valence-corrected chi connectivity index (χ0v) is 9.56. The Hall–Kier alpha value is -1.00. The van der Waals surface area contributed by atoms with E-state index in [1.165, 1.54) is 25.0 Å². The van der Waals surface area contributed by atoms with Crippen LogP contribution in [0, 0.1) is 5.82 Å². The first-order chi connectivity index (χ1) is 7.70. The predicted molar refractivity (Wildman–Crippen MR) is 62.1 cm³/mol. The molecule has 1 aliphatic rings. The van der Waals surface area contributed by atoms with Crippen LogP contribution in [-0.4, -0.2) is 6.10 Å². The molecule has 88 valence electrons. The lowest BCUT2D eigenvalue weighted by molar-refractivity contribution is 0.210. The fraction of sp³-hybridized carbons (Fsp3) is 0.455. The van der Waals surface area contributed by atoms with Gasteiger partial charge >= 0.3 is 0 Å². The van der Waals surface area contributed by atoms with Crippen molar-refractivity contribution in [2.24, 2.45) is 5.84 Å². The Morgan fingerprint density at radius 2 is 2.06 bits per heavy atom. The molecule has 1 fully saturated rings. The first kappa shape index (κ1) is 11.5. The standard InChI is InChI=1S/C11H14ClFN2O/c12-8-5-9(13)10(15-14)6-11(8)16-7-3-1-2-4-7/h5-7,15H,1-4,14H2. The Balaban J connectivity index is 2.18. The van der Waals surface area contributed by atoms with Gasteiger partial charge in [-0.3, -0.25) is 5.84 Å². The summed E-state index contributed by atoms with van der Waals surface area (Å²) in [6.45, 7) is 0. The molecule has 16 heavy (non-hydrogen) atoms. The molecule has 0 amide bonds. The van der Waals surface area contributed by atoms with Crippen LogP contribution in [0.2, 0.25) is 5.02 Å². The maximum absolute atomic E-state index is 13.3. The van der Waals surface area contributed by atoms with Gasteiger partial charge in [-0.05, 0) is 31.7 Å². The Labute approximate surface area is 98.7 Å². The van der Waals surface area contributed by atoms with Crippen molar-refractivity contribution >= 4 is 17.3 Å². The highest BCUT2D eigenvalue weighted by atomic mass is 35.5. The van der Waals surface area contributed by atoms with Gasteiger partial charge in [0.15, 0.2) is 0 Å². The zero-order chi connectivity index (χ0) is 11.5. The van der Waals surface area contributed by atoms with Gasteiger partial charge in [-0.15, -0.1) is 0 Å². The number of halogens is 2. The van der Waals surface area contributed by atoms with Crippen molar-refractivity contribution in [3.8, 4) is 5.75 Å². The monoisotopic (exact) mass is 244 g/mol. The minimum atomic E-state index is -0.480. The van der Waals surface area contributed by atoms with Crippen LogP contribution in [-0.2, 0) is 0 Å². The third-order valence-corrected chi connectivity index (χ3v) is 3.07. The van der Waals surface area contributed by atoms with Gasteiger partial charge in [-0.2, -0.15) is 0 Å². The van der Waals surface area contributed by atoms with Crippen molar-refractivity contribution in [3.05, 3.63) is 23.0 Å². The largest absolute Gasteiger partial charge is 0.489 e. The number of benzene rings is 1. The predicted octanol–water partition coefficient (Wildman–Crippen LogP) is 3.09. The highest BCUT2D eigenvalue weighted by molar-refractivity contribution is 6.32. The second-order valence-corrected chi connectivity index (χ2v) is 4.34. The molecule has 2 rings (SSSR count). The average Bonchev–Trinajstić information content (AvgIpc) is 2.75. The summed E-state index contributed by atoms with van der Waals surface area (Å²) in [7, 11) is 0. The number of hydrogen-bond donors (Lipinski definition) is 2. The van der Waals surface area contributed by atoms with Gasteiger partial charge < -0.3 is 10.2 Å². The van der Waals surface area contributed by atoms with E-state index in [9.17, 15) is 4.39 Å². The van der Waals surface area contributed by atoms with Crippen LogP contribution in [0.4, 0.5) is 10.1 Å². The lowest BCUT2D eigenvalue weighted by Crippen LogP contribution is -2.13. The van der Waals surface area contributed by atoms with Crippen LogP contribution in [0.5, 0.6) is 5.75 Å². The Morgan fingerprint density at radius 1 is 1.38 bits per heavy atom. The third-order valence-electron chi connectivity index (χ3n) is 2.77. The number of ether oxygens (including phenoxy) is 1. The molecule has 0 aliphatic heterocycles. The molecule has 0 radical (unpaired) electrons. The van der Waals surface area contributed by atoms with Gasteiger partial charge in [0.05, 0.1) is 16.8 Å². The second-order valence-electron chi connectivity index (χ2n) is 3.93. The quantitative estimate of drug-likeness (QED) is 0.635. The number of anilines is 1. The molecule has 1 saturated carbocycles. The Morgan fingerprint density at radius 3 is 2.69 bits per heavy atom. The topological polar surface area (TPSA) is 47.3 Å². The van der Waals surface area contributed by atoms with Gasteiger partial charge in [-0.1, -0.05) is 11.6 Å².